The monoisotopic (exact) mass is 437 g/mol. The first kappa shape index (κ1) is 22.3. The maximum atomic E-state index is 13.3. The molecule has 3 rings (SSSR count). The second-order valence-corrected chi connectivity index (χ2v) is 8.12. The van der Waals surface area contributed by atoms with Crippen LogP contribution in [-0.2, 0) is 16.0 Å². The Kier molecular flexibility index (Phi) is 6.88. The van der Waals surface area contributed by atoms with Crippen molar-refractivity contribution in [3.63, 3.8) is 0 Å². The molecule has 31 heavy (non-hydrogen) atoms. The van der Waals surface area contributed by atoms with Crippen LogP contribution in [0.1, 0.15) is 47.3 Å². The number of pyridine rings is 1. The van der Waals surface area contributed by atoms with Crippen molar-refractivity contribution in [1.29, 1.82) is 10.5 Å². The van der Waals surface area contributed by atoms with Gasteiger partial charge in [-0.15, -0.1) is 0 Å². The van der Waals surface area contributed by atoms with Crippen molar-refractivity contribution < 1.29 is 14.0 Å². The number of hydrogen-bond donors (Lipinski definition) is 1. The van der Waals surface area contributed by atoms with Gasteiger partial charge in [-0.2, -0.15) is 10.5 Å². The van der Waals surface area contributed by atoms with E-state index in [1.807, 2.05) is 11.8 Å². The van der Waals surface area contributed by atoms with Gasteiger partial charge in [-0.1, -0.05) is 30.8 Å². The molecule has 1 atom stereocenters. The zero-order chi connectivity index (χ0) is 22.5. The lowest BCUT2D eigenvalue weighted by Gasteiger charge is -2.29. The molecule has 7 nitrogen and oxygen atoms in total. The molecular weight excluding hydrogens is 417 g/mol. The summed E-state index contributed by atoms with van der Waals surface area (Å²) in [5.41, 5.74) is 7.14. The Morgan fingerprint density at radius 3 is 2.35 bits per heavy atom. The zero-order valence-corrected chi connectivity index (χ0v) is 17.7. The Hall–Kier alpha value is -3.43. The van der Waals surface area contributed by atoms with E-state index >= 15 is 0 Å². The summed E-state index contributed by atoms with van der Waals surface area (Å²) in [6.45, 7) is 2.69. The molecule has 1 amide bonds. The van der Waals surface area contributed by atoms with Gasteiger partial charge in [-0.25, -0.2) is 9.37 Å². The fraction of sp³-hybridized carbons (Fsp3) is 0.318. The van der Waals surface area contributed by atoms with Crippen molar-refractivity contribution in [3.05, 3.63) is 52.3 Å². The molecule has 1 fully saturated rings. The Labute approximate surface area is 183 Å². The number of ketones is 1. The van der Waals surface area contributed by atoms with Gasteiger partial charge in [0.05, 0.1) is 11.1 Å². The number of carbonyl (C=O) groups excluding carboxylic acids is 2. The van der Waals surface area contributed by atoms with Crippen molar-refractivity contribution in [2.24, 2.45) is 5.73 Å². The van der Waals surface area contributed by atoms with Crippen LogP contribution >= 0.6 is 11.8 Å². The van der Waals surface area contributed by atoms with Gasteiger partial charge < -0.3 is 10.6 Å². The number of carbonyl (C=O) groups is 2. The Balaban J connectivity index is 2.11. The van der Waals surface area contributed by atoms with Crippen LogP contribution in [0.15, 0.2) is 29.3 Å². The number of anilines is 1. The van der Waals surface area contributed by atoms with Crippen LogP contribution < -0.4 is 10.6 Å². The summed E-state index contributed by atoms with van der Waals surface area (Å²) in [4.78, 5) is 30.3. The molecule has 2 heterocycles. The first-order valence-electron chi connectivity index (χ1n) is 9.74. The van der Waals surface area contributed by atoms with Crippen LogP contribution in [0.25, 0.3) is 0 Å². The molecule has 0 saturated carbocycles. The smallest absolute Gasteiger partial charge is 0.235 e. The number of halogens is 1. The molecule has 1 saturated heterocycles. The number of aromatic nitrogens is 1. The minimum absolute atomic E-state index is 0.152. The quantitative estimate of drug-likeness (QED) is 0.689. The minimum Gasteiger partial charge on any atom is -0.368 e. The number of primary amides is 1. The first-order valence-corrected chi connectivity index (χ1v) is 10.6. The number of nitrogens with two attached hydrogens (primary N) is 1. The topological polar surface area (TPSA) is 124 Å². The number of nitrogens with zero attached hydrogens (tertiary/aromatic N) is 4. The van der Waals surface area contributed by atoms with Crippen LogP contribution in [0, 0.1) is 28.5 Å². The molecule has 0 bridgehead atoms. The predicted octanol–water partition coefficient (Wildman–Crippen LogP) is 3.01. The average molecular weight is 438 g/mol. The average Bonchev–Trinajstić information content (AvgIpc) is 2.77. The molecule has 1 aromatic carbocycles. The van der Waals surface area contributed by atoms with E-state index in [-0.39, 0.29) is 16.4 Å². The molecule has 0 spiro atoms. The SMILES string of the molecule is CCc1c(C#N)c(SC(C(N)=O)c2ccc(F)cc2)nc(N2CCC(=O)CC2)c1C#N. The summed E-state index contributed by atoms with van der Waals surface area (Å²) < 4.78 is 13.3. The number of hydrogen-bond acceptors (Lipinski definition) is 7. The van der Waals surface area contributed by atoms with Crippen LogP contribution in [0.4, 0.5) is 10.2 Å². The molecule has 2 aromatic rings. The second-order valence-electron chi connectivity index (χ2n) is 7.02. The highest BCUT2D eigenvalue weighted by Crippen LogP contribution is 2.39. The minimum atomic E-state index is -0.895. The molecule has 9 heteroatoms. The zero-order valence-electron chi connectivity index (χ0n) is 16.9. The third kappa shape index (κ3) is 4.68. The van der Waals surface area contributed by atoms with E-state index in [1.165, 1.54) is 24.3 Å². The largest absolute Gasteiger partial charge is 0.368 e. The normalized spacial score (nSPS) is 14.6. The van der Waals surface area contributed by atoms with Gasteiger partial charge in [-0.3, -0.25) is 9.59 Å². The molecule has 0 radical (unpaired) electrons. The van der Waals surface area contributed by atoms with Gasteiger partial charge in [0.1, 0.15) is 39.8 Å². The van der Waals surface area contributed by atoms with Gasteiger partial charge in [0.15, 0.2) is 0 Å². The van der Waals surface area contributed by atoms with E-state index in [9.17, 15) is 24.5 Å². The molecule has 1 unspecified atom stereocenters. The fourth-order valence-electron chi connectivity index (χ4n) is 3.50. The number of benzene rings is 1. The summed E-state index contributed by atoms with van der Waals surface area (Å²) >= 11 is 1.00. The Morgan fingerprint density at radius 2 is 1.84 bits per heavy atom. The maximum absolute atomic E-state index is 13.3. The number of thioether (sulfide) groups is 1. The van der Waals surface area contributed by atoms with E-state index < -0.39 is 17.0 Å². The van der Waals surface area contributed by atoms with Crippen molar-refractivity contribution >= 4 is 29.3 Å². The fourth-order valence-corrected chi connectivity index (χ4v) is 4.56. The Bertz CT molecular complexity index is 1090. The summed E-state index contributed by atoms with van der Waals surface area (Å²) in [7, 11) is 0. The highest BCUT2D eigenvalue weighted by atomic mass is 32.2. The highest BCUT2D eigenvalue weighted by Gasteiger charge is 2.28. The lowest BCUT2D eigenvalue weighted by atomic mass is 10.0. The van der Waals surface area contributed by atoms with Crippen LogP contribution in [-0.4, -0.2) is 29.8 Å². The second kappa shape index (κ2) is 9.59. The number of piperidine rings is 1. The van der Waals surface area contributed by atoms with E-state index in [2.05, 4.69) is 17.1 Å². The van der Waals surface area contributed by atoms with Gasteiger partial charge in [0, 0.05) is 25.9 Å². The summed E-state index contributed by atoms with van der Waals surface area (Å²) in [5.74, 6) is -0.550. The van der Waals surface area contributed by atoms with Gasteiger partial charge in [-0.05, 0) is 29.7 Å². The van der Waals surface area contributed by atoms with E-state index in [0.29, 0.717) is 54.9 Å². The van der Waals surface area contributed by atoms with E-state index in [1.54, 1.807) is 0 Å². The molecule has 1 aliphatic rings. The molecular formula is C22H20FN5O2S. The van der Waals surface area contributed by atoms with Crippen LogP contribution in [0.2, 0.25) is 0 Å². The lowest BCUT2D eigenvalue weighted by molar-refractivity contribution is -0.119. The van der Waals surface area contributed by atoms with Gasteiger partial charge >= 0.3 is 0 Å². The standard InChI is InChI=1S/C22H20FN5O2S/c1-2-16-17(11-24)21(28-9-7-15(29)8-10-28)27-22(18(16)12-25)31-19(20(26)30)13-3-5-14(23)6-4-13/h3-6,19H,2,7-10H2,1H3,(H2,26,30). The van der Waals surface area contributed by atoms with Crippen molar-refractivity contribution in [3.8, 4) is 12.1 Å². The molecule has 158 valence electrons. The predicted molar refractivity (Wildman–Crippen MR) is 114 cm³/mol. The number of nitriles is 2. The number of rotatable bonds is 6. The molecule has 2 N–H and O–H groups in total. The summed E-state index contributed by atoms with van der Waals surface area (Å²) in [6.07, 6.45) is 1.13. The molecule has 0 aliphatic carbocycles. The van der Waals surface area contributed by atoms with E-state index in [0.717, 1.165) is 11.8 Å². The lowest BCUT2D eigenvalue weighted by Crippen LogP contribution is -2.35. The molecule has 1 aliphatic heterocycles. The van der Waals surface area contributed by atoms with Gasteiger partial charge in [0.2, 0.25) is 5.91 Å². The summed E-state index contributed by atoms with van der Waals surface area (Å²) in [6, 6.07) is 9.66. The van der Waals surface area contributed by atoms with Crippen molar-refractivity contribution in [2.45, 2.75) is 36.5 Å². The molecule has 1 aromatic heterocycles. The number of Topliss-reactive ketones (excluding diaryl/α,β-unsaturated/α-hetero) is 1. The maximum Gasteiger partial charge on any atom is 0.235 e. The first-order chi connectivity index (χ1) is 14.9. The summed E-state index contributed by atoms with van der Waals surface area (Å²) in [5, 5.41) is 19.0. The van der Waals surface area contributed by atoms with Crippen LogP contribution in [0.5, 0.6) is 0 Å². The third-order valence-corrected chi connectivity index (χ3v) is 6.37. The van der Waals surface area contributed by atoms with E-state index in [4.69, 9.17) is 5.73 Å². The van der Waals surface area contributed by atoms with Crippen LogP contribution in [0.3, 0.4) is 0 Å². The van der Waals surface area contributed by atoms with Crippen molar-refractivity contribution in [2.75, 3.05) is 18.0 Å². The highest BCUT2D eigenvalue weighted by molar-refractivity contribution is 8.00. The third-order valence-electron chi connectivity index (χ3n) is 5.11. The Morgan fingerprint density at radius 1 is 1.23 bits per heavy atom. The van der Waals surface area contributed by atoms with Gasteiger partial charge in [0.25, 0.3) is 0 Å². The van der Waals surface area contributed by atoms with Crippen molar-refractivity contribution in [1.82, 2.24) is 4.98 Å². The number of amides is 1.